The Hall–Kier alpha value is -2.32. The number of aromatic nitrogens is 1. The molecular formula is C23H28BrN3O4. The van der Waals surface area contributed by atoms with E-state index in [0.29, 0.717) is 30.5 Å². The van der Waals surface area contributed by atoms with Gasteiger partial charge in [0.05, 0.1) is 24.5 Å². The standard InChI is InChI=1S/C23H28BrN3O4/c1-14-12-16(24)13-18-20(14)30-15(2)19-17(26-8-10-29-11-9-26)6-7-25-21(19)27(18)22(28)31-23(3,4)5/h6-7,12-13,15H,8-11H2,1-5H3. The van der Waals surface area contributed by atoms with Gasteiger partial charge in [0.25, 0.3) is 0 Å². The number of amides is 1. The Bertz CT molecular complexity index is 999. The average molecular weight is 490 g/mol. The van der Waals surface area contributed by atoms with Crippen LogP contribution >= 0.6 is 15.9 Å². The highest BCUT2D eigenvalue weighted by molar-refractivity contribution is 9.10. The number of hydrogen-bond acceptors (Lipinski definition) is 6. The first kappa shape index (κ1) is 21.9. The van der Waals surface area contributed by atoms with Crippen molar-refractivity contribution in [2.75, 3.05) is 36.1 Å². The minimum absolute atomic E-state index is 0.312. The molecule has 166 valence electrons. The second kappa shape index (κ2) is 8.31. The van der Waals surface area contributed by atoms with Crippen molar-refractivity contribution in [1.29, 1.82) is 0 Å². The molecular weight excluding hydrogens is 462 g/mol. The molecule has 0 spiro atoms. The molecule has 3 heterocycles. The van der Waals surface area contributed by atoms with Gasteiger partial charge in [-0.1, -0.05) is 15.9 Å². The Balaban J connectivity index is 1.93. The molecule has 0 aliphatic carbocycles. The number of fused-ring (bicyclic) bond motifs is 2. The lowest BCUT2D eigenvalue weighted by molar-refractivity contribution is 0.0598. The van der Waals surface area contributed by atoms with Crippen LogP contribution in [-0.2, 0) is 9.47 Å². The van der Waals surface area contributed by atoms with E-state index in [1.54, 1.807) is 11.1 Å². The lowest BCUT2D eigenvalue weighted by atomic mass is 10.1. The molecule has 2 aromatic rings. The molecule has 0 saturated carbocycles. The van der Waals surface area contributed by atoms with Crippen LogP contribution in [0.4, 0.5) is 22.0 Å². The summed E-state index contributed by atoms with van der Waals surface area (Å²) in [6, 6.07) is 5.83. The van der Waals surface area contributed by atoms with Crippen LogP contribution in [0.15, 0.2) is 28.9 Å². The van der Waals surface area contributed by atoms with Crippen LogP contribution in [0.25, 0.3) is 0 Å². The largest absolute Gasteiger partial charge is 0.483 e. The van der Waals surface area contributed by atoms with E-state index in [1.165, 1.54) is 0 Å². The highest BCUT2D eigenvalue weighted by Crippen LogP contribution is 2.48. The molecule has 7 nitrogen and oxygen atoms in total. The van der Waals surface area contributed by atoms with Gasteiger partial charge in [0.1, 0.15) is 17.5 Å². The molecule has 1 aromatic carbocycles. The first-order valence-electron chi connectivity index (χ1n) is 10.5. The van der Waals surface area contributed by atoms with E-state index in [4.69, 9.17) is 14.2 Å². The molecule has 1 unspecified atom stereocenters. The van der Waals surface area contributed by atoms with Gasteiger partial charge in [-0.2, -0.15) is 0 Å². The molecule has 8 heteroatoms. The summed E-state index contributed by atoms with van der Waals surface area (Å²) in [4.78, 5) is 21.9. The number of hydrogen-bond donors (Lipinski definition) is 0. The second-order valence-corrected chi connectivity index (χ2v) is 9.73. The monoisotopic (exact) mass is 489 g/mol. The van der Waals surface area contributed by atoms with Crippen LogP contribution in [0, 0.1) is 6.92 Å². The minimum Gasteiger partial charge on any atom is -0.483 e. The molecule has 0 radical (unpaired) electrons. The molecule has 1 fully saturated rings. The summed E-state index contributed by atoms with van der Waals surface area (Å²) >= 11 is 3.56. The number of ether oxygens (including phenoxy) is 3. The number of carbonyl (C=O) groups is 1. The molecule has 2 aliphatic rings. The maximum absolute atomic E-state index is 13.5. The van der Waals surface area contributed by atoms with Gasteiger partial charge in [0, 0.05) is 29.4 Å². The topological polar surface area (TPSA) is 64.1 Å². The molecule has 31 heavy (non-hydrogen) atoms. The van der Waals surface area contributed by atoms with Gasteiger partial charge in [0.15, 0.2) is 5.82 Å². The third kappa shape index (κ3) is 4.36. The maximum atomic E-state index is 13.5. The summed E-state index contributed by atoms with van der Waals surface area (Å²) in [6.07, 6.45) is 0.938. The molecule has 1 atom stereocenters. The van der Waals surface area contributed by atoms with Crippen molar-refractivity contribution in [3.05, 3.63) is 40.0 Å². The van der Waals surface area contributed by atoms with E-state index >= 15 is 0 Å². The average Bonchev–Trinajstić information content (AvgIpc) is 2.82. The van der Waals surface area contributed by atoms with E-state index < -0.39 is 11.7 Å². The van der Waals surface area contributed by atoms with Crippen molar-refractivity contribution in [2.24, 2.45) is 0 Å². The van der Waals surface area contributed by atoms with Crippen molar-refractivity contribution in [2.45, 2.75) is 46.3 Å². The van der Waals surface area contributed by atoms with Crippen molar-refractivity contribution < 1.29 is 19.0 Å². The van der Waals surface area contributed by atoms with Crippen LogP contribution in [0.5, 0.6) is 5.75 Å². The summed E-state index contributed by atoms with van der Waals surface area (Å²) in [5.74, 6) is 1.18. The number of halogens is 1. The predicted octanol–water partition coefficient (Wildman–Crippen LogP) is 5.52. The number of rotatable bonds is 1. The number of aryl methyl sites for hydroxylation is 1. The van der Waals surface area contributed by atoms with Crippen LogP contribution in [0.3, 0.4) is 0 Å². The van der Waals surface area contributed by atoms with Crippen LogP contribution in [0.2, 0.25) is 0 Å². The van der Waals surface area contributed by atoms with Crippen molar-refractivity contribution >= 4 is 39.2 Å². The van der Waals surface area contributed by atoms with Gasteiger partial charge < -0.3 is 19.1 Å². The van der Waals surface area contributed by atoms with Gasteiger partial charge in [-0.3, -0.25) is 0 Å². The van der Waals surface area contributed by atoms with Gasteiger partial charge in [-0.15, -0.1) is 0 Å². The Kier molecular flexibility index (Phi) is 5.87. The van der Waals surface area contributed by atoms with E-state index in [-0.39, 0.29) is 6.10 Å². The van der Waals surface area contributed by atoms with E-state index in [0.717, 1.165) is 34.4 Å². The maximum Gasteiger partial charge on any atom is 0.420 e. The number of morpholine rings is 1. The highest BCUT2D eigenvalue weighted by atomic mass is 79.9. The zero-order chi connectivity index (χ0) is 22.3. The SMILES string of the molecule is Cc1cc(Br)cc2c1OC(C)c1c(N3CCOCC3)ccnc1N2C(=O)OC(C)(C)C. The fraction of sp³-hybridized carbons (Fsp3) is 0.478. The summed E-state index contributed by atoms with van der Waals surface area (Å²) < 4.78 is 18.6. The number of nitrogens with zero attached hydrogens (tertiary/aromatic N) is 3. The molecule has 0 N–H and O–H groups in total. The lowest BCUT2D eigenvalue weighted by Crippen LogP contribution is -2.38. The molecule has 1 saturated heterocycles. The number of anilines is 3. The van der Waals surface area contributed by atoms with Crippen molar-refractivity contribution in [1.82, 2.24) is 4.98 Å². The van der Waals surface area contributed by atoms with Gasteiger partial charge in [-0.05, 0) is 58.4 Å². The molecule has 1 aromatic heterocycles. The van der Waals surface area contributed by atoms with Crippen molar-refractivity contribution in [3.63, 3.8) is 0 Å². The molecule has 0 bridgehead atoms. The number of carbonyl (C=O) groups excluding carboxylic acids is 1. The molecule has 2 aliphatic heterocycles. The normalized spacial score (nSPS) is 18.6. The Morgan fingerprint density at radius 2 is 1.94 bits per heavy atom. The number of benzene rings is 1. The second-order valence-electron chi connectivity index (χ2n) is 8.81. The van der Waals surface area contributed by atoms with E-state index in [2.05, 4.69) is 25.8 Å². The lowest BCUT2D eigenvalue weighted by Gasteiger charge is -2.33. The fourth-order valence-corrected chi connectivity index (χ4v) is 4.53. The summed E-state index contributed by atoms with van der Waals surface area (Å²) in [7, 11) is 0. The van der Waals surface area contributed by atoms with Crippen LogP contribution in [-0.4, -0.2) is 43.0 Å². The fourth-order valence-electron chi connectivity index (χ4n) is 3.97. The van der Waals surface area contributed by atoms with Crippen molar-refractivity contribution in [3.8, 4) is 5.75 Å². The molecule has 1 amide bonds. The Labute approximate surface area is 191 Å². The molecule has 4 rings (SSSR count). The zero-order valence-corrected chi connectivity index (χ0v) is 20.2. The summed E-state index contributed by atoms with van der Waals surface area (Å²) in [5.41, 5.74) is 2.74. The van der Waals surface area contributed by atoms with Crippen LogP contribution in [0.1, 0.15) is 44.9 Å². The summed E-state index contributed by atoms with van der Waals surface area (Å²) in [6.45, 7) is 12.4. The highest BCUT2D eigenvalue weighted by Gasteiger charge is 2.37. The first-order chi connectivity index (χ1) is 14.7. The quantitative estimate of drug-likeness (QED) is 0.525. The van der Waals surface area contributed by atoms with Crippen LogP contribution < -0.4 is 14.5 Å². The minimum atomic E-state index is -0.654. The van der Waals surface area contributed by atoms with E-state index in [1.807, 2.05) is 52.8 Å². The summed E-state index contributed by atoms with van der Waals surface area (Å²) in [5, 5.41) is 0. The van der Waals surface area contributed by atoms with Gasteiger partial charge in [0.2, 0.25) is 0 Å². The van der Waals surface area contributed by atoms with E-state index in [9.17, 15) is 4.79 Å². The Morgan fingerprint density at radius 3 is 2.61 bits per heavy atom. The van der Waals surface area contributed by atoms with Gasteiger partial charge in [-0.25, -0.2) is 14.7 Å². The zero-order valence-electron chi connectivity index (χ0n) is 18.6. The predicted molar refractivity (Wildman–Crippen MR) is 124 cm³/mol. The Morgan fingerprint density at radius 1 is 1.23 bits per heavy atom. The third-order valence-electron chi connectivity index (χ3n) is 5.25. The third-order valence-corrected chi connectivity index (χ3v) is 5.71. The first-order valence-corrected chi connectivity index (χ1v) is 11.3. The van der Waals surface area contributed by atoms with Gasteiger partial charge >= 0.3 is 6.09 Å². The number of pyridine rings is 1. The smallest absolute Gasteiger partial charge is 0.420 e.